The van der Waals surface area contributed by atoms with Crippen LogP contribution in [0.15, 0.2) is 30.3 Å². The van der Waals surface area contributed by atoms with Crippen LogP contribution in [0.5, 0.6) is 0 Å². The molecule has 1 heteroatoms. The summed E-state index contributed by atoms with van der Waals surface area (Å²) in [6.07, 6.45) is 7.14. The second-order valence-electron chi connectivity index (χ2n) is 5.91. The van der Waals surface area contributed by atoms with Crippen molar-refractivity contribution >= 4 is 0 Å². The first-order chi connectivity index (χ1) is 8.31. The van der Waals surface area contributed by atoms with Crippen LogP contribution < -0.4 is 0 Å². The van der Waals surface area contributed by atoms with Gasteiger partial charge < -0.3 is 0 Å². The van der Waals surface area contributed by atoms with Crippen LogP contribution in [-0.2, 0) is 6.54 Å². The zero-order chi connectivity index (χ0) is 11.7. The first-order valence-corrected chi connectivity index (χ1v) is 7.10. The lowest BCUT2D eigenvalue weighted by Gasteiger charge is -2.38. The Morgan fingerprint density at radius 1 is 1.18 bits per heavy atom. The van der Waals surface area contributed by atoms with Crippen molar-refractivity contribution in [1.82, 2.24) is 4.90 Å². The van der Waals surface area contributed by atoms with Crippen molar-refractivity contribution in [2.24, 2.45) is 5.92 Å². The molecule has 2 fully saturated rings. The molecule has 2 aliphatic rings. The fraction of sp³-hybridized carbons (Fsp3) is 0.625. The van der Waals surface area contributed by atoms with Crippen molar-refractivity contribution in [3.8, 4) is 0 Å². The minimum atomic E-state index is 0.551. The lowest BCUT2D eigenvalue weighted by Crippen LogP contribution is -2.44. The van der Waals surface area contributed by atoms with Gasteiger partial charge in [-0.25, -0.2) is 0 Å². The topological polar surface area (TPSA) is 3.24 Å². The SMILES string of the molecule is CC1CCN(Cc2ccccc2)C12CCCC2. The zero-order valence-electron chi connectivity index (χ0n) is 10.9. The molecule has 1 atom stereocenters. The molecule has 1 aromatic carbocycles. The van der Waals surface area contributed by atoms with E-state index in [4.69, 9.17) is 0 Å². The van der Waals surface area contributed by atoms with Gasteiger partial charge in [-0.3, -0.25) is 4.90 Å². The summed E-state index contributed by atoms with van der Waals surface area (Å²) < 4.78 is 0. The molecule has 1 saturated carbocycles. The Morgan fingerprint density at radius 2 is 1.88 bits per heavy atom. The predicted molar refractivity (Wildman–Crippen MR) is 71.8 cm³/mol. The van der Waals surface area contributed by atoms with Crippen LogP contribution >= 0.6 is 0 Å². The van der Waals surface area contributed by atoms with Gasteiger partial charge >= 0.3 is 0 Å². The summed E-state index contributed by atoms with van der Waals surface area (Å²) in [5.41, 5.74) is 2.03. The predicted octanol–water partition coefficient (Wildman–Crippen LogP) is 3.84. The molecule has 0 amide bonds. The summed E-state index contributed by atoms with van der Waals surface area (Å²) in [5.74, 6) is 0.897. The van der Waals surface area contributed by atoms with Crippen LogP contribution in [0.3, 0.4) is 0 Å². The summed E-state index contributed by atoms with van der Waals surface area (Å²) in [5, 5.41) is 0. The van der Waals surface area contributed by atoms with Gasteiger partial charge in [-0.2, -0.15) is 0 Å². The van der Waals surface area contributed by atoms with Gasteiger partial charge in [0.1, 0.15) is 0 Å². The first-order valence-electron chi connectivity index (χ1n) is 7.10. The van der Waals surface area contributed by atoms with Crippen LogP contribution in [0.25, 0.3) is 0 Å². The molecule has 1 nitrogen and oxygen atoms in total. The van der Waals surface area contributed by atoms with E-state index in [0.717, 1.165) is 12.5 Å². The Labute approximate surface area is 105 Å². The highest BCUT2D eigenvalue weighted by Gasteiger charge is 2.47. The highest BCUT2D eigenvalue weighted by atomic mass is 15.2. The molecule has 17 heavy (non-hydrogen) atoms. The van der Waals surface area contributed by atoms with Crippen LogP contribution in [-0.4, -0.2) is 17.0 Å². The third-order valence-corrected chi connectivity index (χ3v) is 5.06. The van der Waals surface area contributed by atoms with E-state index in [9.17, 15) is 0 Å². The smallest absolute Gasteiger partial charge is 0.0239 e. The van der Waals surface area contributed by atoms with Gasteiger partial charge in [0, 0.05) is 12.1 Å². The molecule has 0 aromatic heterocycles. The van der Waals surface area contributed by atoms with E-state index in [-0.39, 0.29) is 0 Å². The highest BCUT2D eigenvalue weighted by Crippen LogP contribution is 2.47. The summed E-state index contributed by atoms with van der Waals surface area (Å²) in [6, 6.07) is 11.0. The molecule has 3 rings (SSSR count). The van der Waals surface area contributed by atoms with E-state index in [0.29, 0.717) is 5.54 Å². The minimum Gasteiger partial charge on any atom is -0.293 e. The van der Waals surface area contributed by atoms with Crippen molar-refractivity contribution in [2.75, 3.05) is 6.54 Å². The number of hydrogen-bond donors (Lipinski definition) is 0. The molecular formula is C16H23N. The van der Waals surface area contributed by atoms with E-state index in [1.54, 1.807) is 0 Å². The lowest BCUT2D eigenvalue weighted by atomic mass is 9.84. The molecular weight excluding hydrogens is 206 g/mol. The molecule has 1 unspecified atom stereocenters. The fourth-order valence-corrected chi connectivity index (χ4v) is 3.99. The molecule has 1 heterocycles. The van der Waals surface area contributed by atoms with Gasteiger partial charge in [0.05, 0.1) is 0 Å². The average molecular weight is 229 g/mol. The maximum absolute atomic E-state index is 2.78. The number of likely N-dealkylation sites (tertiary alicyclic amines) is 1. The molecule has 92 valence electrons. The number of nitrogens with zero attached hydrogens (tertiary/aromatic N) is 1. The Morgan fingerprint density at radius 3 is 2.59 bits per heavy atom. The van der Waals surface area contributed by atoms with Gasteiger partial charge in [-0.15, -0.1) is 0 Å². The maximum Gasteiger partial charge on any atom is 0.0239 e. The van der Waals surface area contributed by atoms with Crippen molar-refractivity contribution < 1.29 is 0 Å². The van der Waals surface area contributed by atoms with Crippen molar-refractivity contribution in [3.63, 3.8) is 0 Å². The second kappa shape index (κ2) is 4.45. The molecule has 0 bridgehead atoms. The Balaban J connectivity index is 1.79. The van der Waals surface area contributed by atoms with Gasteiger partial charge in [0.2, 0.25) is 0 Å². The van der Waals surface area contributed by atoms with Gasteiger partial charge in [-0.05, 0) is 37.3 Å². The van der Waals surface area contributed by atoms with Gasteiger partial charge in [0.25, 0.3) is 0 Å². The Bertz CT molecular complexity index is 364. The van der Waals surface area contributed by atoms with Crippen molar-refractivity contribution in [2.45, 2.75) is 51.1 Å². The number of rotatable bonds is 2. The van der Waals surface area contributed by atoms with E-state index < -0.39 is 0 Å². The molecule has 0 N–H and O–H groups in total. The largest absolute Gasteiger partial charge is 0.293 e. The molecule has 1 saturated heterocycles. The fourth-order valence-electron chi connectivity index (χ4n) is 3.99. The minimum absolute atomic E-state index is 0.551. The monoisotopic (exact) mass is 229 g/mol. The maximum atomic E-state index is 2.78. The molecule has 0 radical (unpaired) electrons. The third kappa shape index (κ3) is 1.91. The van der Waals surface area contributed by atoms with Crippen LogP contribution in [0.4, 0.5) is 0 Å². The van der Waals surface area contributed by atoms with Crippen LogP contribution in [0, 0.1) is 5.92 Å². The summed E-state index contributed by atoms with van der Waals surface area (Å²) in [7, 11) is 0. The van der Waals surface area contributed by atoms with E-state index in [1.807, 2.05) is 0 Å². The Hall–Kier alpha value is -0.820. The van der Waals surface area contributed by atoms with E-state index in [1.165, 1.54) is 44.2 Å². The Kier molecular flexibility index (Phi) is 2.96. The van der Waals surface area contributed by atoms with Crippen LogP contribution in [0.2, 0.25) is 0 Å². The quantitative estimate of drug-likeness (QED) is 0.744. The van der Waals surface area contributed by atoms with Gasteiger partial charge in [0.15, 0.2) is 0 Å². The van der Waals surface area contributed by atoms with Crippen molar-refractivity contribution in [3.05, 3.63) is 35.9 Å². The second-order valence-corrected chi connectivity index (χ2v) is 5.91. The molecule has 1 aliphatic heterocycles. The van der Waals surface area contributed by atoms with E-state index >= 15 is 0 Å². The van der Waals surface area contributed by atoms with Crippen LogP contribution in [0.1, 0.15) is 44.6 Å². The zero-order valence-corrected chi connectivity index (χ0v) is 10.9. The summed E-state index contributed by atoms with van der Waals surface area (Å²) in [6.45, 7) is 4.93. The average Bonchev–Trinajstić information content (AvgIpc) is 2.95. The van der Waals surface area contributed by atoms with Gasteiger partial charge in [-0.1, -0.05) is 50.1 Å². The third-order valence-electron chi connectivity index (χ3n) is 5.06. The lowest BCUT2D eigenvalue weighted by molar-refractivity contribution is 0.104. The summed E-state index contributed by atoms with van der Waals surface area (Å²) in [4.78, 5) is 2.78. The normalized spacial score (nSPS) is 27.9. The number of hydrogen-bond acceptors (Lipinski definition) is 1. The summed E-state index contributed by atoms with van der Waals surface area (Å²) >= 11 is 0. The standard InChI is InChI=1S/C16H23N/c1-14-9-12-17(16(14)10-5-6-11-16)13-15-7-3-2-4-8-15/h2-4,7-8,14H,5-6,9-13H2,1H3. The van der Waals surface area contributed by atoms with E-state index in [2.05, 4.69) is 42.2 Å². The first kappa shape index (κ1) is 11.3. The van der Waals surface area contributed by atoms with Crippen molar-refractivity contribution in [1.29, 1.82) is 0 Å². The molecule has 1 aliphatic carbocycles. The molecule has 1 spiro atoms. The number of benzene rings is 1. The highest BCUT2D eigenvalue weighted by molar-refractivity contribution is 5.16. The molecule has 1 aromatic rings.